The maximum atomic E-state index is 8.65. The van der Waals surface area contributed by atoms with Crippen LogP contribution in [0.15, 0.2) is 0 Å². The Kier molecular flexibility index (Phi) is 7.44. The Morgan fingerprint density at radius 1 is 1.40 bits per heavy atom. The molecule has 15 heavy (non-hydrogen) atoms. The van der Waals surface area contributed by atoms with E-state index in [9.17, 15) is 0 Å². The van der Waals surface area contributed by atoms with Crippen LogP contribution >= 0.6 is 11.8 Å². The number of rotatable bonds is 7. The van der Waals surface area contributed by atoms with E-state index in [1.54, 1.807) is 0 Å². The number of ether oxygens (including phenoxy) is 1. The second-order valence-corrected chi connectivity index (χ2v) is 5.23. The van der Waals surface area contributed by atoms with Crippen molar-refractivity contribution in [2.75, 3.05) is 44.4 Å². The standard InChI is InChI=1S/C11H23NO2S/c1-2-15-10-7-12-5-3-11(4-6-12)14-9-8-13/h11,13H,2-10H2,1H3. The number of hydrogen-bond donors (Lipinski definition) is 1. The molecule has 0 aromatic carbocycles. The van der Waals surface area contributed by atoms with E-state index in [1.807, 2.05) is 11.8 Å². The van der Waals surface area contributed by atoms with Crippen LogP contribution in [0.5, 0.6) is 0 Å². The number of nitrogens with zero attached hydrogens (tertiary/aromatic N) is 1. The SMILES string of the molecule is CCSCCN1CCC(OCCO)CC1. The zero-order valence-electron chi connectivity index (χ0n) is 9.65. The summed E-state index contributed by atoms with van der Waals surface area (Å²) in [4.78, 5) is 2.52. The van der Waals surface area contributed by atoms with E-state index in [0.717, 1.165) is 25.9 Å². The maximum Gasteiger partial charge on any atom is 0.0701 e. The highest BCUT2D eigenvalue weighted by atomic mass is 32.2. The van der Waals surface area contributed by atoms with Gasteiger partial charge in [0.2, 0.25) is 0 Å². The van der Waals surface area contributed by atoms with Crippen molar-refractivity contribution < 1.29 is 9.84 Å². The summed E-state index contributed by atoms with van der Waals surface area (Å²) in [5.41, 5.74) is 0. The lowest BCUT2D eigenvalue weighted by molar-refractivity contribution is -0.00667. The third kappa shape index (κ3) is 5.76. The van der Waals surface area contributed by atoms with Crippen LogP contribution in [0.25, 0.3) is 0 Å². The summed E-state index contributed by atoms with van der Waals surface area (Å²) >= 11 is 2.01. The summed E-state index contributed by atoms with van der Waals surface area (Å²) in [6.07, 6.45) is 2.63. The van der Waals surface area contributed by atoms with Gasteiger partial charge in [0, 0.05) is 25.4 Å². The molecule has 1 aliphatic heterocycles. The van der Waals surface area contributed by atoms with Crippen LogP contribution in [-0.4, -0.2) is 60.5 Å². The van der Waals surface area contributed by atoms with Crippen LogP contribution in [0, 0.1) is 0 Å². The van der Waals surface area contributed by atoms with Crippen molar-refractivity contribution >= 4 is 11.8 Å². The van der Waals surface area contributed by atoms with Gasteiger partial charge in [0.05, 0.1) is 19.3 Å². The first-order valence-electron chi connectivity index (χ1n) is 5.89. The van der Waals surface area contributed by atoms with Crippen molar-refractivity contribution in [3.8, 4) is 0 Å². The van der Waals surface area contributed by atoms with Crippen molar-refractivity contribution in [1.29, 1.82) is 0 Å². The van der Waals surface area contributed by atoms with Gasteiger partial charge in [-0.3, -0.25) is 0 Å². The first-order chi connectivity index (χ1) is 7.36. The van der Waals surface area contributed by atoms with Crippen molar-refractivity contribution in [2.45, 2.75) is 25.9 Å². The van der Waals surface area contributed by atoms with Crippen LogP contribution in [-0.2, 0) is 4.74 Å². The zero-order chi connectivity index (χ0) is 10.9. The van der Waals surface area contributed by atoms with E-state index in [-0.39, 0.29) is 6.61 Å². The van der Waals surface area contributed by atoms with E-state index in [1.165, 1.54) is 18.1 Å². The summed E-state index contributed by atoms with van der Waals surface area (Å²) in [6.45, 7) is 6.37. The van der Waals surface area contributed by atoms with Gasteiger partial charge in [0.25, 0.3) is 0 Å². The minimum Gasteiger partial charge on any atom is -0.394 e. The molecular weight excluding hydrogens is 210 g/mol. The van der Waals surface area contributed by atoms with Crippen LogP contribution in [0.3, 0.4) is 0 Å². The monoisotopic (exact) mass is 233 g/mol. The molecule has 0 amide bonds. The van der Waals surface area contributed by atoms with E-state index < -0.39 is 0 Å². The van der Waals surface area contributed by atoms with Crippen molar-refractivity contribution in [1.82, 2.24) is 4.90 Å². The van der Waals surface area contributed by atoms with Gasteiger partial charge in [-0.05, 0) is 18.6 Å². The highest BCUT2D eigenvalue weighted by molar-refractivity contribution is 7.99. The fraction of sp³-hybridized carbons (Fsp3) is 1.00. The molecule has 1 rings (SSSR count). The fourth-order valence-electron chi connectivity index (χ4n) is 1.86. The van der Waals surface area contributed by atoms with E-state index in [4.69, 9.17) is 9.84 Å². The highest BCUT2D eigenvalue weighted by Crippen LogP contribution is 2.14. The number of piperidine rings is 1. The lowest BCUT2D eigenvalue weighted by Crippen LogP contribution is -2.38. The van der Waals surface area contributed by atoms with Gasteiger partial charge in [0.1, 0.15) is 0 Å². The molecule has 0 radical (unpaired) electrons. The predicted molar refractivity (Wildman–Crippen MR) is 65.5 cm³/mol. The number of aliphatic hydroxyl groups is 1. The number of likely N-dealkylation sites (tertiary alicyclic amines) is 1. The third-order valence-corrected chi connectivity index (χ3v) is 3.61. The Hall–Kier alpha value is 0.230. The van der Waals surface area contributed by atoms with Gasteiger partial charge in [0.15, 0.2) is 0 Å². The van der Waals surface area contributed by atoms with Gasteiger partial charge in [-0.15, -0.1) is 0 Å². The Balaban J connectivity index is 2.02. The second kappa shape index (κ2) is 8.39. The maximum absolute atomic E-state index is 8.65. The molecule has 0 aliphatic carbocycles. The van der Waals surface area contributed by atoms with Crippen molar-refractivity contribution in [3.63, 3.8) is 0 Å². The molecule has 0 saturated carbocycles. The largest absolute Gasteiger partial charge is 0.394 e. The van der Waals surface area contributed by atoms with E-state index in [2.05, 4.69) is 11.8 Å². The summed E-state index contributed by atoms with van der Waals surface area (Å²) in [6, 6.07) is 0. The summed E-state index contributed by atoms with van der Waals surface area (Å²) in [5, 5.41) is 8.65. The molecular formula is C11H23NO2S. The smallest absolute Gasteiger partial charge is 0.0701 e. The van der Waals surface area contributed by atoms with Crippen LogP contribution in [0.2, 0.25) is 0 Å². The average Bonchev–Trinajstić information content (AvgIpc) is 2.28. The van der Waals surface area contributed by atoms with Crippen molar-refractivity contribution in [3.05, 3.63) is 0 Å². The molecule has 1 fully saturated rings. The summed E-state index contributed by atoms with van der Waals surface area (Å²) in [5.74, 6) is 2.47. The van der Waals surface area contributed by atoms with Gasteiger partial charge < -0.3 is 14.7 Å². The molecule has 0 spiro atoms. The summed E-state index contributed by atoms with van der Waals surface area (Å²) < 4.78 is 5.52. The molecule has 0 bridgehead atoms. The molecule has 0 unspecified atom stereocenters. The number of thioether (sulfide) groups is 1. The Bertz CT molecular complexity index is 150. The molecule has 1 heterocycles. The molecule has 1 N–H and O–H groups in total. The van der Waals surface area contributed by atoms with Gasteiger partial charge in [-0.25, -0.2) is 0 Å². The average molecular weight is 233 g/mol. The van der Waals surface area contributed by atoms with E-state index >= 15 is 0 Å². The van der Waals surface area contributed by atoms with Crippen LogP contribution < -0.4 is 0 Å². The van der Waals surface area contributed by atoms with Crippen LogP contribution in [0.4, 0.5) is 0 Å². The number of hydrogen-bond acceptors (Lipinski definition) is 4. The lowest BCUT2D eigenvalue weighted by Gasteiger charge is -2.31. The van der Waals surface area contributed by atoms with Gasteiger partial charge in [-0.2, -0.15) is 11.8 Å². The van der Waals surface area contributed by atoms with E-state index in [0.29, 0.717) is 12.7 Å². The minimum absolute atomic E-state index is 0.146. The Morgan fingerprint density at radius 2 is 2.13 bits per heavy atom. The molecule has 0 aromatic heterocycles. The molecule has 0 aromatic rings. The molecule has 0 atom stereocenters. The zero-order valence-corrected chi connectivity index (χ0v) is 10.5. The normalized spacial score (nSPS) is 19.6. The summed E-state index contributed by atoms with van der Waals surface area (Å²) in [7, 11) is 0. The molecule has 1 saturated heterocycles. The second-order valence-electron chi connectivity index (χ2n) is 3.83. The fourth-order valence-corrected chi connectivity index (χ4v) is 2.53. The Morgan fingerprint density at radius 3 is 2.73 bits per heavy atom. The Labute approximate surface area is 97.2 Å². The molecule has 4 heteroatoms. The molecule has 1 aliphatic rings. The first-order valence-corrected chi connectivity index (χ1v) is 7.04. The topological polar surface area (TPSA) is 32.7 Å². The molecule has 90 valence electrons. The quantitative estimate of drug-likeness (QED) is 0.670. The minimum atomic E-state index is 0.146. The van der Waals surface area contributed by atoms with Crippen molar-refractivity contribution in [2.24, 2.45) is 0 Å². The highest BCUT2D eigenvalue weighted by Gasteiger charge is 2.18. The van der Waals surface area contributed by atoms with Crippen LogP contribution in [0.1, 0.15) is 19.8 Å². The third-order valence-electron chi connectivity index (χ3n) is 2.74. The first kappa shape index (κ1) is 13.3. The predicted octanol–water partition coefficient (Wildman–Crippen LogP) is 1.21. The molecule has 3 nitrogen and oxygen atoms in total. The van der Waals surface area contributed by atoms with Gasteiger partial charge >= 0.3 is 0 Å². The van der Waals surface area contributed by atoms with Gasteiger partial charge in [-0.1, -0.05) is 6.92 Å². The lowest BCUT2D eigenvalue weighted by atomic mass is 10.1. The number of aliphatic hydroxyl groups excluding tert-OH is 1.